The van der Waals surface area contributed by atoms with Crippen LogP contribution in [0.2, 0.25) is 0 Å². The van der Waals surface area contributed by atoms with Gasteiger partial charge in [-0.15, -0.1) is 24.8 Å². The molecule has 0 spiro atoms. The highest BCUT2D eigenvalue weighted by atomic mass is 35.5. The smallest absolute Gasteiger partial charge is 0.126 e. The van der Waals surface area contributed by atoms with Crippen LogP contribution in [0.1, 0.15) is 37.3 Å². The van der Waals surface area contributed by atoms with E-state index in [-0.39, 0.29) is 30.6 Å². The second-order valence-corrected chi connectivity index (χ2v) is 6.16. The molecule has 3 nitrogen and oxygen atoms in total. The summed E-state index contributed by atoms with van der Waals surface area (Å²) in [6.45, 7) is 4.18. The van der Waals surface area contributed by atoms with Gasteiger partial charge in [0.2, 0.25) is 0 Å². The molecule has 3 rings (SSSR count). The van der Waals surface area contributed by atoms with E-state index in [1.807, 2.05) is 6.07 Å². The molecule has 1 N–H and O–H groups in total. The molecule has 1 aromatic rings. The van der Waals surface area contributed by atoms with Gasteiger partial charge in [0.15, 0.2) is 0 Å². The number of nitrogens with one attached hydrogen (secondary N) is 1. The topological polar surface area (TPSA) is 24.5 Å². The van der Waals surface area contributed by atoms with E-state index in [9.17, 15) is 4.39 Å². The van der Waals surface area contributed by atoms with Crippen molar-refractivity contribution in [1.29, 1.82) is 0 Å². The first-order valence-corrected chi connectivity index (χ1v) is 8.08. The van der Waals surface area contributed by atoms with E-state index in [1.54, 1.807) is 13.2 Å². The maximum absolute atomic E-state index is 13.5. The minimum atomic E-state index is -0.221. The summed E-state index contributed by atoms with van der Waals surface area (Å²) in [7, 11) is 1.64. The lowest BCUT2D eigenvalue weighted by atomic mass is 9.89. The van der Waals surface area contributed by atoms with Gasteiger partial charge in [0, 0.05) is 43.9 Å². The van der Waals surface area contributed by atoms with Crippen molar-refractivity contribution in [3.63, 3.8) is 0 Å². The van der Waals surface area contributed by atoms with Crippen molar-refractivity contribution in [2.24, 2.45) is 5.92 Å². The van der Waals surface area contributed by atoms with Crippen molar-refractivity contribution in [2.45, 2.75) is 31.7 Å². The zero-order valence-electron chi connectivity index (χ0n) is 13.6. The number of piperazine rings is 1. The molecule has 132 valence electrons. The lowest BCUT2D eigenvalue weighted by molar-refractivity contribution is 0.123. The fourth-order valence-electron chi connectivity index (χ4n) is 3.91. The Morgan fingerprint density at radius 1 is 1.17 bits per heavy atom. The molecule has 2 aliphatic rings. The van der Waals surface area contributed by atoms with Crippen molar-refractivity contribution in [3.8, 4) is 5.75 Å². The van der Waals surface area contributed by atoms with Gasteiger partial charge in [0.1, 0.15) is 11.6 Å². The molecule has 23 heavy (non-hydrogen) atoms. The number of rotatable bonds is 4. The average molecular weight is 365 g/mol. The van der Waals surface area contributed by atoms with Crippen molar-refractivity contribution < 1.29 is 9.13 Å². The lowest BCUT2D eigenvalue weighted by Gasteiger charge is -2.39. The second-order valence-electron chi connectivity index (χ2n) is 6.16. The average Bonchev–Trinajstić information content (AvgIpc) is 3.04. The van der Waals surface area contributed by atoms with Crippen LogP contribution in [-0.4, -0.2) is 38.2 Å². The Morgan fingerprint density at radius 2 is 1.83 bits per heavy atom. The molecule has 1 aliphatic heterocycles. The van der Waals surface area contributed by atoms with E-state index >= 15 is 0 Å². The van der Waals surface area contributed by atoms with Gasteiger partial charge >= 0.3 is 0 Å². The molecule has 6 heteroatoms. The van der Waals surface area contributed by atoms with E-state index in [2.05, 4.69) is 10.2 Å². The highest BCUT2D eigenvalue weighted by Gasteiger charge is 2.33. The van der Waals surface area contributed by atoms with Gasteiger partial charge in [-0.05, 0) is 24.8 Å². The summed E-state index contributed by atoms with van der Waals surface area (Å²) < 4.78 is 19.0. The molecule has 0 amide bonds. The molecule has 2 fully saturated rings. The van der Waals surface area contributed by atoms with E-state index in [0.29, 0.717) is 17.7 Å². The molecule has 1 aromatic carbocycles. The Bertz CT molecular complexity index is 478. The quantitative estimate of drug-likeness (QED) is 0.878. The van der Waals surface area contributed by atoms with Crippen LogP contribution in [-0.2, 0) is 0 Å². The van der Waals surface area contributed by atoms with Crippen LogP contribution in [0, 0.1) is 11.7 Å². The normalized spacial score (nSPS) is 20.4. The molecule has 0 aromatic heterocycles. The highest BCUT2D eigenvalue weighted by Crippen LogP contribution is 2.42. The first-order valence-electron chi connectivity index (χ1n) is 8.08. The predicted molar refractivity (Wildman–Crippen MR) is 96.6 cm³/mol. The molecule has 1 atom stereocenters. The third-order valence-corrected chi connectivity index (χ3v) is 4.91. The van der Waals surface area contributed by atoms with Crippen LogP contribution in [0.4, 0.5) is 4.39 Å². The standard InChI is InChI=1S/C17H25FN2O.2ClH/c1-21-16-12-14(18)6-7-15(16)17(13-4-2-3-5-13)20-10-8-19-9-11-20;;/h6-7,12-13,17,19H,2-5,8-11H2,1H3;2*1H/t17-;;/m1../s1. The predicted octanol–water partition coefficient (Wildman–Crippen LogP) is 3.81. The number of nitrogens with zero attached hydrogens (tertiary/aromatic N) is 1. The first-order chi connectivity index (χ1) is 10.3. The Hall–Kier alpha value is -0.550. The molecule has 0 radical (unpaired) electrons. The summed E-state index contributed by atoms with van der Waals surface area (Å²) in [6.07, 6.45) is 5.18. The molecule has 0 unspecified atom stereocenters. The van der Waals surface area contributed by atoms with Gasteiger partial charge in [-0.25, -0.2) is 4.39 Å². The van der Waals surface area contributed by atoms with Crippen molar-refractivity contribution in [1.82, 2.24) is 10.2 Å². The maximum Gasteiger partial charge on any atom is 0.126 e. The summed E-state index contributed by atoms with van der Waals surface area (Å²) in [6, 6.07) is 5.39. The van der Waals surface area contributed by atoms with Crippen LogP contribution >= 0.6 is 24.8 Å². The van der Waals surface area contributed by atoms with Crippen molar-refractivity contribution in [3.05, 3.63) is 29.6 Å². The summed E-state index contributed by atoms with van der Waals surface area (Å²) >= 11 is 0. The zero-order valence-corrected chi connectivity index (χ0v) is 15.2. The maximum atomic E-state index is 13.5. The van der Waals surface area contributed by atoms with E-state index in [1.165, 1.54) is 31.7 Å². The summed E-state index contributed by atoms with van der Waals surface area (Å²) in [4.78, 5) is 2.56. The molecule has 1 aliphatic carbocycles. The fourth-order valence-corrected chi connectivity index (χ4v) is 3.91. The van der Waals surface area contributed by atoms with Gasteiger partial charge in [0.05, 0.1) is 7.11 Å². The fraction of sp³-hybridized carbons (Fsp3) is 0.647. The third-order valence-electron chi connectivity index (χ3n) is 4.91. The summed E-state index contributed by atoms with van der Waals surface area (Å²) in [5.74, 6) is 1.15. The van der Waals surface area contributed by atoms with Crippen LogP contribution in [0.15, 0.2) is 18.2 Å². The van der Waals surface area contributed by atoms with Gasteiger partial charge in [-0.2, -0.15) is 0 Å². The molecule has 1 saturated heterocycles. The van der Waals surface area contributed by atoms with E-state index in [0.717, 1.165) is 31.7 Å². The number of hydrogen-bond donors (Lipinski definition) is 1. The number of hydrogen-bond acceptors (Lipinski definition) is 3. The first kappa shape index (κ1) is 20.5. The SMILES string of the molecule is COc1cc(F)ccc1[C@@H](C1CCCC1)N1CCNCC1.Cl.Cl. The van der Waals surface area contributed by atoms with Gasteiger partial charge < -0.3 is 10.1 Å². The van der Waals surface area contributed by atoms with Gasteiger partial charge in [-0.3, -0.25) is 4.90 Å². The minimum absolute atomic E-state index is 0. The van der Waals surface area contributed by atoms with Crippen LogP contribution in [0.25, 0.3) is 0 Å². The molecule has 1 saturated carbocycles. The highest BCUT2D eigenvalue weighted by molar-refractivity contribution is 5.85. The van der Waals surface area contributed by atoms with Crippen molar-refractivity contribution in [2.75, 3.05) is 33.3 Å². The molecule has 0 bridgehead atoms. The summed E-state index contributed by atoms with van der Waals surface area (Å²) in [5, 5.41) is 3.42. The number of ether oxygens (including phenoxy) is 1. The number of halogens is 3. The molecular weight excluding hydrogens is 338 g/mol. The Morgan fingerprint density at radius 3 is 2.43 bits per heavy atom. The number of benzene rings is 1. The monoisotopic (exact) mass is 364 g/mol. The third kappa shape index (κ3) is 4.72. The largest absolute Gasteiger partial charge is 0.496 e. The minimum Gasteiger partial charge on any atom is -0.496 e. The van der Waals surface area contributed by atoms with E-state index in [4.69, 9.17) is 4.74 Å². The summed E-state index contributed by atoms with van der Waals surface area (Å²) in [5.41, 5.74) is 1.16. The zero-order chi connectivity index (χ0) is 14.7. The molecular formula is C17H27Cl2FN2O. The number of methoxy groups -OCH3 is 1. The van der Waals surface area contributed by atoms with Gasteiger partial charge in [-0.1, -0.05) is 18.9 Å². The van der Waals surface area contributed by atoms with Crippen molar-refractivity contribution >= 4 is 24.8 Å². The Balaban J connectivity index is 0.00000132. The second kappa shape index (κ2) is 9.67. The lowest BCUT2D eigenvalue weighted by Crippen LogP contribution is -2.46. The Labute approximate surface area is 150 Å². The van der Waals surface area contributed by atoms with Gasteiger partial charge in [0.25, 0.3) is 0 Å². The van der Waals surface area contributed by atoms with Crippen LogP contribution in [0.5, 0.6) is 5.75 Å². The molecule has 1 heterocycles. The Kier molecular flexibility index (Phi) is 8.62. The van der Waals surface area contributed by atoms with E-state index < -0.39 is 0 Å². The van der Waals surface area contributed by atoms with Crippen LogP contribution in [0.3, 0.4) is 0 Å². The van der Waals surface area contributed by atoms with Crippen LogP contribution < -0.4 is 10.1 Å².